The van der Waals surface area contributed by atoms with Crippen molar-refractivity contribution >= 4 is 0 Å². The van der Waals surface area contributed by atoms with Crippen LogP contribution in [0.5, 0.6) is 0 Å². The molecule has 0 spiro atoms. The first-order valence-electron chi connectivity index (χ1n) is 8.81. The maximum atomic E-state index is 3.52. The second-order valence-electron chi connectivity index (χ2n) is 6.64. The average Bonchev–Trinajstić information content (AvgIpc) is 2.70. The van der Waals surface area contributed by atoms with Gasteiger partial charge in [-0.05, 0) is 48.2 Å². The molecule has 1 saturated heterocycles. The molecule has 120 valence electrons. The lowest BCUT2D eigenvalue weighted by atomic mass is 9.68. The molecule has 4 rings (SSSR count). The summed E-state index contributed by atoms with van der Waals surface area (Å²) in [6.07, 6.45) is 2.31. The van der Waals surface area contributed by atoms with Crippen molar-refractivity contribution in [3.8, 4) is 11.1 Å². The molecule has 3 aromatic rings. The molecule has 0 saturated carbocycles. The van der Waals surface area contributed by atoms with E-state index in [4.69, 9.17) is 0 Å². The monoisotopic (exact) mass is 313 g/mol. The van der Waals surface area contributed by atoms with Crippen LogP contribution in [0.15, 0.2) is 84.9 Å². The molecule has 0 radical (unpaired) electrons. The van der Waals surface area contributed by atoms with Crippen LogP contribution in [0, 0.1) is 0 Å². The van der Waals surface area contributed by atoms with Crippen molar-refractivity contribution in [1.29, 1.82) is 0 Å². The molecule has 3 aromatic carbocycles. The minimum absolute atomic E-state index is 0.141. The van der Waals surface area contributed by atoms with E-state index in [0.29, 0.717) is 0 Å². The Labute approximate surface area is 144 Å². The summed E-state index contributed by atoms with van der Waals surface area (Å²) in [5.41, 5.74) is 5.59. The van der Waals surface area contributed by atoms with E-state index in [0.717, 1.165) is 25.9 Å². The third-order valence-electron chi connectivity index (χ3n) is 5.33. The van der Waals surface area contributed by atoms with E-state index < -0.39 is 0 Å². The van der Waals surface area contributed by atoms with Gasteiger partial charge in [-0.1, -0.05) is 84.9 Å². The topological polar surface area (TPSA) is 12.0 Å². The molecule has 0 aliphatic carbocycles. The number of rotatable bonds is 3. The predicted molar refractivity (Wildman–Crippen MR) is 101 cm³/mol. The van der Waals surface area contributed by atoms with Crippen LogP contribution >= 0.6 is 0 Å². The minimum Gasteiger partial charge on any atom is -0.317 e. The van der Waals surface area contributed by atoms with Crippen LogP contribution in [0.25, 0.3) is 11.1 Å². The maximum Gasteiger partial charge on any atom is 0.0227 e. The molecule has 0 bridgehead atoms. The highest BCUT2D eigenvalue weighted by Gasteiger charge is 2.35. The van der Waals surface area contributed by atoms with Crippen LogP contribution in [0.1, 0.15) is 24.0 Å². The molecule has 1 heterocycles. The van der Waals surface area contributed by atoms with Gasteiger partial charge >= 0.3 is 0 Å². The highest BCUT2D eigenvalue weighted by molar-refractivity contribution is 5.64. The average molecular weight is 313 g/mol. The van der Waals surface area contributed by atoms with Gasteiger partial charge in [-0.2, -0.15) is 0 Å². The Morgan fingerprint density at radius 2 is 1.04 bits per heavy atom. The van der Waals surface area contributed by atoms with Crippen molar-refractivity contribution in [2.24, 2.45) is 0 Å². The third-order valence-corrected chi connectivity index (χ3v) is 5.33. The second-order valence-corrected chi connectivity index (χ2v) is 6.64. The Kier molecular flexibility index (Phi) is 4.18. The Morgan fingerprint density at radius 3 is 1.67 bits per heavy atom. The molecule has 1 fully saturated rings. The van der Waals surface area contributed by atoms with E-state index in [-0.39, 0.29) is 5.41 Å². The second kappa shape index (κ2) is 6.62. The van der Waals surface area contributed by atoms with Crippen LogP contribution in [0.3, 0.4) is 0 Å². The van der Waals surface area contributed by atoms with Gasteiger partial charge in [0.25, 0.3) is 0 Å². The van der Waals surface area contributed by atoms with Gasteiger partial charge in [0, 0.05) is 5.41 Å². The van der Waals surface area contributed by atoms with Gasteiger partial charge < -0.3 is 5.32 Å². The molecular formula is C23H23N. The normalized spacial score (nSPS) is 16.7. The molecule has 0 atom stereocenters. The molecule has 1 heteroatoms. The van der Waals surface area contributed by atoms with Crippen LogP contribution < -0.4 is 5.32 Å². The molecule has 1 aliphatic heterocycles. The summed E-state index contributed by atoms with van der Waals surface area (Å²) in [4.78, 5) is 0. The minimum atomic E-state index is 0.141. The number of piperidine rings is 1. The molecular weight excluding hydrogens is 290 g/mol. The van der Waals surface area contributed by atoms with E-state index in [2.05, 4.69) is 90.2 Å². The quantitative estimate of drug-likeness (QED) is 0.715. The van der Waals surface area contributed by atoms with Gasteiger partial charge in [0.05, 0.1) is 0 Å². The van der Waals surface area contributed by atoms with Crippen molar-refractivity contribution in [2.45, 2.75) is 18.3 Å². The maximum absolute atomic E-state index is 3.52. The first kappa shape index (κ1) is 15.2. The van der Waals surface area contributed by atoms with Crippen molar-refractivity contribution in [3.05, 3.63) is 96.1 Å². The molecule has 1 aliphatic rings. The van der Waals surface area contributed by atoms with E-state index in [1.54, 1.807) is 0 Å². The van der Waals surface area contributed by atoms with Gasteiger partial charge in [0.15, 0.2) is 0 Å². The Bertz CT molecular complexity index is 769. The van der Waals surface area contributed by atoms with Crippen LogP contribution in [0.4, 0.5) is 0 Å². The van der Waals surface area contributed by atoms with Gasteiger partial charge in [0.2, 0.25) is 0 Å². The highest BCUT2D eigenvalue weighted by Crippen LogP contribution is 2.40. The third kappa shape index (κ3) is 2.76. The van der Waals surface area contributed by atoms with E-state index in [1.807, 2.05) is 0 Å². The smallest absolute Gasteiger partial charge is 0.0227 e. The number of nitrogens with one attached hydrogen (secondary N) is 1. The Balaban J connectivity index is 1.74. The lowest BCUT2D eigenvalue weighted by Gasteiger charge is -2.39. The molecule has 1 N–H and O–H groups in total. The summed E-state index contributed by atoms with van der Waals surface area (Å²) in [6.45, 7) is 2.16. The Morgan fingerprint density at radius 1 is 0.542 bits per heavy atom. The van der Waals surface area contributed by atoms with Gasteiger partial charge in [-0.3, -0.25) is 0 Å². The van der Waals surface area contributed by atoms with Crippen LogP contribution in [-0.2, 0) is 5.41 Å². The van der Waals surface area contributed by atoms with Crippen molar-refractivity contribution in [3.63, 3.8) is 0 Å². The fourth-order valence-electron chi connectivity index (χ4n) is 3.97. The summed E-state index contributed by atoms with van der Waals surface area (Å²) >= 11 is 0. The summed E-state index contributed by atoms with van der Waals surface area (Å²) in [7, 11) is 0. The van der Waals surface area contributed by atoms with Crippen molar-refractivity contribution < 1.29 is 0 Å². The van der Waals surface area contributed by atoms with Gasteiger partial charge in [0.1, 0.15) is 0 Å². The lowest BCUT2D eigenvalue weighted by Crippen LogP contribution is -2.40. The van der Waals surface area contributed by atoms with Gasteiger partial charge in [-0.25, -0.2) is 0 Å². The first-order chi connectivity index (χ1) is 11.9. The summed E-state index contributed by atoms with van der Waals surface area (Å²) < 4.78 is 0. The molecule has 0 aromatic heterocycles. The predicted octanol–water partition coefficient (Wildman–Crippen LogP) is 5.02. The first-order valence-corrected chi connectivity index (χ1v) is 8.81. The van der Waals surface area contributed by atoms with Crippen LogP contribution in [0.2, 0.25) is 0 Å². The zero-order valence-electron chi connectivity index (χ0n) is 13.9. The number of benzene rings is 3. The fraction of sp³-hybridized carbons (Fsp3) is 0.217. The molecule has 1 nitrogen and oxygen atoms in total. The zero-order valence-corrected chi connectivity index (χ0v) is 13.9. The zero-order chi connectivity index (χ0) is 16.2. The standard InChI is InChI=1S/C23H23N/c1-3-7-19(8-4-1)20-11-13-22(14-12-20)23(15-17-24-18-16-23)21-9-5-2-6-10-21/h1-14,24H,15-18H2. The van der Waals surface area contributed by atoms with E-state index >= 15 is 0 Å². The summed E-state index contributed by atoms with van der Waals surface area (Å²) in [6, 6.07) is 30.8. The fourth-order valence-corrected chi connectivity index (χ4v) is 3.97. The van der Waals surface area contributed by atoms with E-state index in [1.165, 1.54) is 22.3 Å². The van der Waals surface area contributed by atoms with Crippen molar-refractivity contribution in [2.75, 3.05) is 13.1 Å². The molecule has 0 unspecified atom stereocenters. The number of hydrogen-bond donors (Lipinski definition) is 1. The highest BCUT2D eigenvalue weighted by atomic mass is 14.9. The SMILES string of the molecule is c1ccc(-c2ccc(C3(c4ccccc4)CCNCC3)cc2)cc1. The number of hydrogen-bond acceptors (Lipinski definition) is 1. The van der Waals surface area contributed by atoms with Crippen LogP contribution in [-0.4, -0.2) is 13.1 Å². The summed E-state index contributed by atoms with van der Waals surface area (Å²) in [5.74, 6) is 0. The lowest BCUT2D eigenvalue weighted by molar-refractivity contribution is 0.362. The van der Waals surface area contributed by atoms with Crippen molar-refractivity contribution in [1.82, 2.24) is 5.32 Å². The Hall–Kier alpha value is -2.38. The van der Waals surface area contributed by atoms with E-state index in [9.17, 15) is 0 Å². The van der Waals surface area contributed by atoms with Gasteiger partial charge in [-0.15, -0.1) is 0 Å². The summed E-state index contributed by atoms with van der Waals surface area (Å²) in [5, 5.41) is 3.52. The molecule has 24 heavy (non-hydrogen) atoms. The molecule has 0 amide bonds. The largest absolute Gasteiger partial charge is 0.317 e.